The standard InChI is InChI=1S/C25H37NO4/c1-16(2)22-26-25(9,15-30-22)14-29-20(27)11-10-17-12-18(23(3,4)5)21(28)19(13-17)24(6,7)8/h12-13,28H,1,10-11,14-15H2,2-9H3. The third-order valence-electron chi connectivity index (χ3n) is 5.20. The van der Waals surface area contributed by atoms with Crippen LogP contribution in [-0.2, 0) is 31.5 Å². The summed E-state index contributed by atoms with van der Waals surface area (Å²) < 4.78 is 11.0. The average Bonchev–Trinajstić information content (AvgIpc) is 3.00. The fourth-order valence-corrected chi connectivity index (χ4v) is 3.36. The molecule has 0 saturated carbocycles. The van der Waals surface area contributed by atoms with Gasteiger partial charge in [0.1, 0.15) is 24.5 Å². The van der Waals surface area contributed by atoms with Crippen molar-refractivity contribution < 1.29 is 19.4 Å². The van der Waals surface area contributed by atoms with Gasteiger partial charge in [-0.1, -0.05) is 60.3 Å². The topological polar surface area (TPSA) is 68.1 Å². The number of hydrogen-bond acceptors (Lipinski definition) is 5. The van der Waals surface area contributed by atoms with E-state index in [2.05, 4.69) is 53.1 Å². The molecule has 166 valence electrons. The van der Waals surface area contributed by atoms with E-state index in [0.717, 1.165) is 22.3 Å². The lowest BCUT2D eigenvalue weighted by molar-refractivity contribution is -0.145. The van der Waals surface area contributed by atoms with E-state index >= 15 is 0 Å². The summed E-state index contributed by atoms with van der Waals surface area (Å²) in [6.45, 7) is 20.6. The maximum absolute atomic E-state index is 12.4. The molecule has 1 N–H and O–H groups in total. The molecule has 1 aromatic rings. The zero-order valence-corrected chi connectivity index (χ0v) is 19.8. The van der Waals surface area contributed by atoms with E-state index in [9.17, 15) is 9.90 Å². The Hall–Kier alpha value is -2.30. The molecule has 0 radical (unpaired) electrons. The highest BCUT2D eigenvalue weighted by Gasteiger charge is 2.33. The first-order valence-corrected chi connectivity index (χ1v) is 10.5. The van der Waals surface area contributed by atoms with E-state index in [1.54, 1.807) is 0 Å². The van der Waals surface area contributed by atoms with Crippen molar-refractivity contribution in [2.45, 2.75) is 84.6 Å². The molecule has 5 nitrogen and oxygen atoms in total. The van der Waals surface area contributed by atoms with Gasteiger partial charge in [-0.05, 0) is 47.8 Å². The summed E-state index contributed by atoms with van der Waals surface area (Å²) in [6.07, 6.45) is 0.824. The van der Waals surface area contributed by atoms with Crippen LogP contribution < -0.4 is 0 Å². The van der Waals surface area contributed by atoms with Crippen LogP contribution in [0.15, 0.2) is 29.3 Å². The van der Waals surface area contributed by atoms with Crippen LogP contribution in [0, 0.1) is 0 Å². The molecule has 1 aliphatic heterocycles. The van der Waals surface area contributed by atoms with Gasteiger partial charge in [-0.25, -0.2) is 4.99 Å². The summed E-state index contributed by atoms with van der Waals surface area (Å²) >= 11 is 0. The number of aromatic hydroxyl groups is 1. The monoisotopic (exact) mass is 415 g/mol. The Labute approximate surface area is 181 Å². The molecule has 1 aromatic carbocycles. The van der Waals surface area contributed by atoms with Crippen LogP contribution >= 0.6 is 0 Å². The Balaban J connectivity index is 2.08. The third-order valence-corrected chi connectivity index (χ3v) is 5.20. The van der Waals surface area contributed by atoms with Gasteiger partial charge in [-0.3, -0.25) is 4.79 Å². The van der Waals surface area contributed by atoms with Gasteiger partial charge >= 0.3 is 5.97 Å². The Morgan fingerprint density at radius 1 is 1.20 bits per heavy atom. The number of nitrogens with zero attached hydrogens (tertiary/aromatic N) is 1. The van der Waals surface area contributed by atoms with Crippen molar-refractivity contribution in [1.82, 2.24) is 0 Å². The van der Waals surface area contributed by atoms with Crippen molar-refractivity contribution in [3.8, 4) is 5.75 Å². The van der Waals surface area contributed by atoms with Crippen LogP contribution in [0.4, 0.5) is 0 Å². The number of ether oxygens (including phenoxy) is 2. The second kappa shape index (κ2) is 8.44. The summed E-state index contributed by atoms with van der Waals surface area (Å²) in [5, 5.41) is 10.8. The zero-order valence-electron chi connectivity index (χ0n) is 19.8. The van der Waals surface area contributed by atoms with Crippen LogP contribution in [0.3, 0.4) is 0 Å². The van der Waals surface area contributed by atoms with Gasteiger partial charge < -0.3 is 14.6 Å². The van der Waals surface area contributed by atoms with Crippen molar-refractivity contribution in [1.29, 1.82) is 0 Å². The lowest BCUT2D eigenvalue weighted by Gasteiger charge is -2.28. The van der Waals surface area contributed by atoms with E-state index in [4.69, 9.17) is 9.47 Å². The number of carbonyl (C=O) groups excluding carboxylic acids is 1. The second-order valence-electron chi connectivity index (χ2n) is 10.7. The molecule has 0 aliphatic carbocycles. The minimum atomic E-state index is -0.568. The van der Waals surface area contributed by atoms with Gasteiger partial charge in [0.25, 0.3) is 0 Å². The minimum Gasteiger partial charge on any atom is -0.507 e. The summed E-state index contributed by atoms with van der Waals surface area (Å²) in [7, 11) is 0. The molecule has 2 rings (SSSR count). The first-order chi connectivity index (χ1) is 13.6. The largest absolute Gasteiger partial charge is 0.507 e. The van der Waals surface area contributed by atoms with Crippen molar-refractivity contribution in [2.75, 3.05) is 13.2 Å². The highest BCUT2D eigenvalue weighted by Crippen LogP contribution is 2.40. The minimum absolute atomic E-state index is 0.179. The van der Waals surface area contributed by atoms with Crippen LogP contribution in [-0.4, -0.2) is 35.7 Å². The number of phenols is 1. The lowest BCUT2D eigenvalue weighted by atomic mass is 9.78. The maximum Gasteiger partial charge on any atom is 0.306 e. The molecule has 0 spiro atoms. The van der Waals surface area contributed by atoms with E-state index in [0.29, 0.717) is 24.7 Å². The van der Waals surface area contributed by atoms with Gasteiger partial charge in [-0.2, -0.15) is 0 Å². The quantitative estimate of drug-likeness (QED) is 0.646. The number of esters is 1. The van der Waals surface area contributed by atoms with Gasteiger partial charge in [0.15, 0.2) is 0 Å². The molecule has 0 bridgehead atoms. The third kappa shape index (κ3) is 5.87. The Morgan fingerprint density at radius 3 is 2.17 bits per heavy atom. The number of hydrogen-bond donors (Lipinski definition) is 1. The van der Waals surface area contributed by atoms with Crippen LogP contribution in [0.1, 0.15) is 78.5 Å². The molecule has 1 unspecified atom stereocenters. The maximum atomic E-state index is 12.4. The van der Waals surface area contributed by atoms with Gasteiger partial charge in [0.05, 0.1) is 0 Å². The van der Waals surface area contributed by atoms with E-state index in [1.165, 1.54) is 0 Å². The Kier molecular flexibility index (Phi) is 6.75. The van der Waals surface area contributed by atoms with Crippen molar-refractivity contribution in [2.24, 2.45) is 4.99 Å². The second-order valence-corrected chi connectivity index (χ2v) is 10.7. The van der Waals surface area contributed by atoms with Crippen molar-refractivity contribution in [3.05, 3.63) is 41.0 Å². The molecule has 0 saturated heterocycles. The zero-order chi connectivity index (χ0) is 22.9. The number of aryl methyl sites for hydroxylation is 1. The molecule has 0 amide bonds. The summed E-state index contributed by atoms with van der Waals surface area (Å²) in [5.74, 6) is 0.613. The van der Waals surface area contributed by atoms with Crippen LogP contribution in [0.2, 0.25) is 0 Å². The molecule has 5 heteroatoms. The van der Waals surface area contributed by atoms with Gasteiger partial charge in [0.2, 0.25) is 5.90 Å². The van der Waals surface area contributed by atoms with Gasteiger partial charge in [0, 0.05) is 12.0 Å². The smallest absolute Gasteiger partial charge is 0.306 e. The van der Waals surface area contributed by atoms with E-state index in [-0.39, 0.29) is 29.8 Å². The van der Waals surface area contributed by atoms with Crippen LogP contribution in [0.5, 0.6) is 5.75 Å². The highest BCUT2D eigenvalue weighted by molar-refractivity contribution is 5.93. The molecule has 1 heterocycles. The summed E-state index contributed by atoms with van der Waals surface area (Å²) in [6, 6.07) is 4.01. The number of rotatable bonds is 6. The lowest BCUT2D eigenvalue weighted by Crippen LogP contribution is -2.31. The van der Waals surface area contributed by atoms with Crippen molar-refractivity contribution >= 4 is 11.9 Å². The fraction of sp³-hybridized carbons (Fsp3) is 0.600. The summed E-state index contributed by atoms with van der Waals surface area (Å²) in [4.78, 5) is 16.9. The SMILES string of the molecule is C=C(C)C1=NC(C)(COC(=O)CCc2cc(C(C)(C)C)c(O)c(C(C)(C)C)c2)CO1. The molecule has 1 atom stereocenters. The number of aliphatic imine (C=N–C) groups is 1. The Morgan fingerprint density at radius 2 is 1.73 bits per heavy atom. The average molecular weight is 416 g/mol. The number of carbonyl (C=O) groups is 1. The number of phenolic OH excluding ortho intramolecular Hbond substituents is 1. The number of benzene rings is 1. The van der Waals surface area contributed by atoms with E-state index < -0.39 is 5.54 Å². The fourth-order valence-electron chi connectivity index (χ4n) is 3.36. The molecule has 0 fully saturated rings. The van der Waals surface area contributed by atoms with Crippen LogP contribution in [0.25, 0.3) is 0 Å². The first-order valence-electron chi connectivity index (χ1n) is 10.5. The summed E-state index contributed by atoms with van der Waals surface area (Å²) in [5.41, 5.74) is 2.62. The van der Waals surface area contributed by atoms with E-state index in [1.807, 2.05) is 26.0 Å². The van der Waals surface area contributed by atoms with Gasteiger partial charge in [-0.15, -0.1) is 0 Å². The molecule has 0 aromatic heterocycles. The molecular formula is C25H37NO4. The predicted molar refractivity (Wildman–Crippen MR) is 121 cm³/mol. The Bertz CT molecular complexity index is 820. The van der Waals surface area contributed by atoms with Crippen molar-refractivity contribution in [3.63, 3.8) is 0 Å². The predicted octanol–water partition coefficient (Wildman–Crippen LogP) is 5.23. The first kappa shape index (κ1) is 24.0. The molecule has 1 aliphatic rings. The molecule has 30 heavy (non-hydrogen) atoms. The normalized spacial score (nSPS) is 19.3. The highest BCUT2D eigenvalue weighted by atomic mass is 16.5. The molecular weight excluding hydrogens is 378 g/mol.